The average Bonchev–Trinajstić information content (AvgIpc) is 2.98. The van der Waals surface area contributed by atoms with Gasteiger partial charge in [0.25, 0.3) is 0 Å². The molecule has 4 rings (SSSR count). The minimum atomic E-state index is -0.829. The number of carboxylic acids is 1. The molecule has 1 aliphatic rings. The summed E-state index contributed by atoms with van der Waals surface area (Å²) in [4.78, 5) is 11.9. The Hall–Kier alpha value is -2.91. The Morgan fingerprint density at radius 1 is 0.885 bits per heavy atom. The van der Waals surface area contributed by atoms with Crippen LogP contribution in [-0.4, -0.2) is 17.1 Å². The van der Waals surface area contributed by atoms with Gasteiger partial charge in [0.15, 0.2) is 0 Å². The summed E-state index contributed by atoms with van der Waals surface area (Å²) in [5.74, 6) is -0.829. The zero-order valence-corrected chi connectivity index (χ0v) is 14.6. The number of carboxylic acid groups (broad SMARTS) is 1. The van der Waals surface area contributed by atoms with E-state index in [0.29, 0.717) is 6.42 Å². The summed E-state index contributed by atoms with van der Waals surface area (Å²) in [6.45, 7) is 1.90. The summed E-state index contributed by atoms with van der Waals surface area (Å²) < 4.78 is 0. The van der Waals surface area contributed by atoms with Crippen molar-refractivity contribution in [2.24, 2.45) is 0 Å². The topological polar surface area (TPSA) is 49.3 Å². The van der Waals surface area contributed by atoms with Gasteiger partial charge in [-0.2, -0.15) is 0 Å². The second-order valence-electron chi connectivity index (χ2n) is 6.65. The Kier molecular flexibility index (Phi) is 4.09. The summed E-state index contributed by atoms with van der Waals surface area (Å²) in [6.07, 6.45) is 0.508. The molecule has 2 N–H and O–H groups in total. The highest BCUT2D eigenvalue weighted by Gasteiger charge is 2.46. The number of aliphatic carboxylic acids is 1. The minimum absolute atomic E-state index is 0.508. The van der Waals surface area contributed by atoms with Gasteiger partial charge in [0.2, 0.25) is 0 Å². The molecule has 26 heavy (non-hydrogen) atoms. The fraction of sp³-hybridized carbons (Fsp3) is 0.174. The molecule has 0 amide bonds. The van der Waals surface area contributed by atoms with Gasteiger partial charge in [-0.15, -0.1) is 0 Å². The molecular weight excluding hydrogens is 322 g/mol. The van der Waals surface area contributed by atoms with Gasteiger partial charge in [-0.1, -0.05) is 85.8 Å². The summed E-state index contributed by atoms with van der Waals surface area (Å²) >= 11 is 0. The molecule has 0 spiro atoms. The second kappa shape index (κ2) is 6.43. The van der Waals surface area contributed by atoms with Crippen LogP contribution in [0, 0.1) is 0 Å². The number of benzene rings is 3. The largest absolute Gasteiger partial charge is 0.480 e. The van der Waals surface area contributed by atoms with Crippen molar-refractivity contribution in [1.29, 1.82) is 0 Å². The van der Waals surface area contributed by atoms with Crippen molar-refractivity contribution in [2.75, 3.05) is 0 Å². The van der Waals surface area contributed by atoms with Crippen LogP contribution in [0.1, 0.15) is 30.0 Å². The van der Waals surface area contributed by atoms with Gasteiger partial charge in [0.05, 0.1) is 5.54 Å². The fourth-order valence-corrected chi connectivity index (χ4v) is 4.07. The smallest absolute Gasteiger partial charge is 0.320 e. The van der Waals surface area contributed by atoms with Gasteiger partial charge in [0, 0.05) is 0 Å². The monoisotopic (exact) mass is 343 g/mol. The fourth-order valence-electron chi connectivity index (χ4n) is 4.07. The summed E-state index contributed by atoms with van der Waals surface area (Å²) in [6, 6.07) is 26.0. The highest BCUT2D eigenvalue weighted by atomic mass is 16.4. The van der Waals surface area contributed by atoms with E-state index in [1.807, 2.05) is 49.4 Å². The molecule has 0 saturated carbocycles. The van der Waals surface area contributed by atoms with Crippen molar-refractivity contribution in [2.45, 2.75) is 24.9 Å². The predicted molar refractivity (Wildman–Crippen MR) is 103 cm³/mol. The van der Waals surface area contributed by atoms with Crippen LogP contribution in [0.5, 0.6) is 0 Å². The standard InChI is InChI=1S/C23H21NO2/c1-2-21(22(25)26)24-23(16-10-4-3-5-11-16)19-14-8-6-12-17(19)18-13-7-9-15-20(18)23/h3-15,21,24H,2H2,1H3,(H,25,26). The maximum Gasteiger partial charge on any atom is 0.320 e. The summed E-state index contributed by atoms with van der Waals surface area (Å²) in [7, 11) is 0. The van der Waals surface area contributed by atoms with Gasteiger partial charge in [-0.3, -0.25) is 10.1 Å². The molecule has 3 aromatic rings. The molecule has 1 atom stereocenters. The van der Waals surface area contributed by atoms with E-state index in [1.54, 1.807) is 0 Å². The van der Waals surface area contributed by atoms with Crippen molar-refractivity contribution < 1.29 is 9.90 Å². The van der Waals surface area contributed by atoms with Crippen LogP contribution in [0.4, 0.5) is 0 Å². The first-order chi connectivity index (χ1) is 12.7. The molecular formula is C23H21NO2. The van der Waals surface area contributed by atoms with E-state index >= 15 is 0 Å². The molecule has 130 valence electrons. The first-order valence-corrected chi connectivity index (χ1v) is 8.94. The van der Waals surface area contributed by atoms with Gasteiger partial charge in [0.1, 0.15) is 6.04 Å². The summed E-state index contributed by atoms with van der Waals surface area (Å²) in [5.41, 5.74) is 4.89. The molecule has 0 bridgehead atoms. The van der Waals surface area contributed by atoms with Gasteiger partial charge in [-0.05, 0) is 34.2 Å². The number of hydrogen-bond donors (Lipinski definition) is 2. The van der Waals surface area contributed by atoms with Crippen LogP contribution >= 0.6 is 0 Å². The first-order valence-electron chi connectivity index (χ1n) is 8.94. The van der Waals surface area contributed by atoms with Crippen molar-refractivity contribution in [3.05, 3.63) is 95.6 Å². The number of fused-ring (bicyclic) bond motifs is 3. The highest BCUT2D eigenvalue weighted by Crippen LogP contribution is 2.51. The lowest BCUT2D eigenvalue weighted by atomic mass is 9.80. The molecule has 0 saturated heterocycles. The molecule has 0 aromatic heterocycles. The Morgan fingerprint density at radius 2 is 1.38 bits per heavy atom. The van der Waals surface area contributed by atoms with Crippen LogP contribution in [0.15, 0.2) is 78.9 Å². The molecule has 0 fully saturated rings. The Balaban J connectivity index is 2.04. The van der Waals surface area contributed by atoms with E-state index < -0.39 is 17.6 Å². The van der Waals surface area contributed by atoms with Crippen LogP contribution in [0.3, 0.4) is 0 Å². The molecule has 3 nitrogen and oxygen atoms in total. The van der Waals surface area contributed by atoms with Gasteiger partial charge in [-0.25, -0.2) is 0 Å². The zero-order chi connectivity index (χ0) is 18.1. The van der Waals surface area contributed by atoms with E-state index in [4.69, 9.17) is 0 Å². The van der Waals surface area contributed by atoms with E-state index in [-0.39, 0.29) is 0 Å². The molecule has 3 heteroatoms. The second-order valence-corrected chi connectivity index (χ2v) is 6.65. The normalized spacial score (nSPS) is 15.1. The molecule has 3 aromatic carbocycles. The lowest BCUT2D eigenvalue weighted by Crippen LogP contribution is -2.51. The minimum Gasteiger partial charge on any atom is -0.480 e. The van der Waals surface area contributed by atoms with Crippen LogP contribution in [-0.2, 0) is 10.3 Å². The third-order valence-electron chi connectivity index (χ3n) is 5.26. The molecule has 0 heterocycles. The molecule has 1 aliphatic carbocycles. The highest BCUT2D eigenvalue weighted by molar-refractivity contribution is 5.84. The van der Waals surface area contributed by atoms with Crippen molar-refractivity contribution in [3.8, 4) is 11.1 Å². The number of nitrogens with one attached hydrogen (secondary N) is 1. The quantitative estimate of drug-likeness (QED) is 0.721. The maximum absolute atomic E-state index is 11.9. The van der Waals surface area contributed by atoms with Gasteiger partial charge < -0.3 is 5.11 Å². The third-order valence-corrected chi connectivity index (χ3v) is 5.26. The molecule has 0 radical (unpaired) electrons. The van der Waals surface area contributed by atoms with E-state index in [2.05, 4.69) is 41.7 Å². The SMILES string of the molecule is CCC(NC1(c2ccccc2)c2ccccc2-c2ccccc21)C(=O)O. The zero-order valence-electron chi connectivity index (χ0n) is 14.6. The first kappa shape index (κ1) is 16.6. The van der Waals surface area contributed by atoms with E-state index in [1.165, 1.54) is 0 Å². The number of rotatable bonds is 5. The Bertz CT molecular complexity index is 904. The third kappa shape index (κ3) is 2.36. The average molecular weight is 343 g/mol. The van der Waals surface area contributed by atoms with Crippen LogP contribution in [0.25, 0.3) is 11.1 Å². The van der Waals surface area contributed by atoms with Gasteiger partial charge >= 0.3 is 5.97 Å². The number of carbonyl (C=O) groups is 1. The van der Waals surface area contributed by atoms with Crippen LogP contribution < -0.4 is 5.32 Å². The van der Waals surface area contributed by atoms with E-state index in [0.717, 1.165) is 27.8 Å². The van der Waals surface area contributed by atoms with Crippen molar-refractivity contribution in [3.63, 3.8) is 0 Å². The molecule has 1 unspecified atom stereocenters. The van der Waals surface area contributed by atoms with E-state index in [9.17, 15) is 9.90 Å². The summed E-state index contributed by atoms with van der Waals surface area (Å²) in [5, 5.41) is 13.2. The maximum atomic E-state index is 11.9. The van der Waals surface area contributed by atoms with Crippen molar-refractivity contribution >= 4 is 5.97 Å². The lowest BCUT2D eigenvalue weighted by molar-refractivity contribution is -0.140. The Morgan fingerprint density at radius 3 is 1.88 bits per heavy atom. The lowest BCUT2D eigenvalue weighted by Gasteiger charge is -2.36. The van der Waals surface area contributed by atoms with Crippen LogP contribution in [0.2, 0.25) is 0 Å². The van der Waals surface area contributed by atoms with Crippen molar-refractivity contribution in [1.82, 2.24) is 5.32 Å². The number of hydrogen-bond acceptors (Lipinski definition) is 2. The predicted octanol–water partition coefficient (Wildman–Crippen LogP) is 4.41. The molecule has 0 aliphatic heterocycles. The Labute approximate surface area is 153 Å².